The van der Waals surface area contributed by atoms with Gasteiger partial charge >= 0.3 is 0 Å². The van der Waals surface area contributed by atoms with Crippen LogP contribution in [0.15, 0.2) is 30.5 Å². The molecule has 2 aromatic rings. The summed E-state index contributed by atoms with van der Waals surface area (Å²) in [4.78, 5) is 14.3. The molecule has 112 valence electrons. The second-order valence-corrected chi connectivity index (χ2v) is 6.07. The fourth-order valence-electron chi connectivity index (χ4n) is 3.18. The largest absolute Gasteiger partial charge is 0.341 e. The molecule has 1 atom stereocenters. The van der Waals surface area contributed by atoms with E-state index in [2.05, 4.69) is 22.9 Å². The number of para-hydroxylation sites is 1. The molecule has 0 radical (unpaired) electrons. The number of likely N-dealkylation sites (tertiary alicyclic amines) is 1. The molecule has 1 unspecified atom stereocenters. The van der Waals surface area contributed by atoms with Crippen molar-refractivity contribution in [2.75, 3.05) is 13.1 Å². The van der Waals surface area contributed by atoms with Crippen molar-refractivity contribution in [3.05, 3.63) is 36.0 Å². The molecule has 21 heavy (non-hydrogen) atoms. The number of nitrogens with two attached hydrogens (primary N) is 1. The van der Waals surface area contributed by atoms with Gasteiger partial charge in [0, 0.05) is 36.2 Å². The molecule has 1 aliphatic heterocycles. The number of nitrogens with zero attached hydrogens (tertiary/aromatic N) is 2. The van der Waals surface area contributed by atoms with Crippen LogP contribution in [0.25, 0.3) is 10.9 Å². The summed E-state index contributed by atoms with van der Waals surface area (Å²) in [6, 6.07) is 8.38. The average Bonchev–Trinajstić information content (AvgIpc) is 3.08. The van der Waals surface area contributed by atoms with E-state index >= 15 is 0 Å². The number of rotatable bonds is 4. The zero-order valence-corrected chi connectivity index (χ0v) is 12.6. The molecule has 3 rings (SSSR count). The van der Waals surface area contributed by atoms with Gasteiger partial charge < -0.3 is 15.2 Å². The number of carbonyl (C=O) groups excluding carboxylic acids is 1. The van der Waals surface area contributed by atoms with Crippen molar-refractivity contribution in [1.29, 1.82) is 0 Å². The Kier molecular flexibility index (Phi) is 3.97. The fourth-order valence-corrected chi connectivity index (χ4v) is 3.18. The standard InChI is InChI=1S/C17H23N3O/c1-13(18)10-14-11-20(16-7-3-2-6-15(14)16)12-17(21)19-8-4-5-9-19/h2-3,6-7,11,13H,4-5,8-10,12,18H2,1H3. The van der Waals surface area contributed by atoms with Gasteiger partial charge in [-0.15, -0.1) is 0 Å². The molecule has 1 saturated heterocycles. The predicted molar refractivity (Wildman–Crippen MR) is 85.1 cm³/mol. The average molecular weight is 285 g/mol. The summed E-state index contributed by atoms with van der Waals surface area (Å²) in [5, 5.41) is 1.21. The fraction of sp³-hybridized carbons (Fsp3) is 0.471. The zero-order valence-electron chi connectivity index (χ0n) is 12.6. The molecule has 0 spiro atoms. The van der Waals surface area contributed by atoms with Crippen molar-refractivity contribution in [1.82, 2.24) is 9.47 Å². The summed E-state index contributed by atoms with van der Waals surface area (Å²) in [6.45, 7) is 4.26. The summed E-state index contributed by atoms with van der Waals surface area (Å²) in [6.07, 6.45) is 5.20. The molecule has 1 amide bonds. The topological polar surface area (TPSA) is 51.3 Å². The highest BCUT2D eigenvalue weighted by Gasteiger charge is 2.19. The highest BCUT2D eigenvalue weighted by atomic mass is 16.2. The Morgan fingerprint density at radius 2 is 2.00 bits per heavy atom. The summed E-state index contributed by atoms with van der Waals surface area (Å²) in [7, 11) is 0. The van der Waals surface area contributed by atoms with Crippen LogP contribution in [0.5, 0.6) is 0 Å². The highest BCUT2D eigenvalue weighted by Crippen LogP contribution is 2.23. The number of carbonyl (C=O) groups is 1. The Balaban J connectivity index is 1.89. The monoisotopic (exact) mass is 285 g/mol. The van der Waals surface area contributed by atoms with Gasteiger partial charge in [-0.25, -0.2) is 0 Å². The van der Waals surface area contributed by atoms with Crippen LogP contribution >= 0.6 is 0 Å². The van der Waals surface area contributed by atoms with Gasteiger partial charge in [0.15, 0.2) is 0 Å². The first kappa shape index (κ1) is 14.1. The van der Waals surface area contributed by atoms with Crippen molar-refractivity contribution in [3.8, 4) is 0 Å². The van der Waals surface area contributed by atoms with Crippen LogP contribution in [0.3, 0.4) is 0 Å². The lowest BCUT2D eigenvalue weighted by atomic mass is 10.1. The van der Waals surface area contributed by atoms with Gasteiger partial charge in [0.1, 0.15) is 6.54 Å². The maximum absolute atomic E-state index is 12.4. The molecule has 1 aliphatic rings. The number of benzene rings is 1. The third kappa shape index (κ3) is 2.95. The van der Waals surface area contributed by atoms with Crippen molar-refractivity contribution in [2.45, 2.75) is 38.8 Å². The Morgan fingerprint density at radius 3 is 2.71 bits per heavy atom. The molecular weight excluding hydrogens is 262 g/mol. The van der Waals surface area contributed by atoms with Gasteiger partial charge in [-0.05, 0) is 37.8 Å². The van der Waals surface area contributed by atoms with Gasteiger partial charge in [0.25, 0.3) is 0 Å². The lowest BCUT2D eigenvalue weighted by Gasteiger charge is -2.16. The molecule has 4 nitrogen and oxygen atoms in total. The Bertz CT molecular complexity index is 639. The smallest absolute Gasteiger partial charge is 0.242 e. The van der Waals surface area contributed by atoms with Crippen LogP contribution in [0.4, 0.5) is 0 Å². The van der Waals surface area contributed by atoms with E-state index in [1.54, 1.807) is 0 Å². The summed E-state index contributed by atoms with van der Waals surface area (Å²) in [5.41, 5.74) is 8.30. The second-order valence-electron chi connectivity index (χ2n) is 6.07. The van der Waals surface area contributed by atoms with Crippen LogP contribution < -0.4 is 5.73 Å². The Morgan fingerprint density at radius 1 is 1.29 bits per heavy atom. The number of hydrogen-bond donors (Lipinski definition) is 1. The van der Waals surface area contributed by atoms with Crippen molar-refractivity contribution in [2.24, 2.45) is 5.73 Å². The first-order valence-electron chi connectivity index (χ1n) is 7.75. The molecule has 2 N–H and O–H groups in total. The van der Waals surface area contributed by atoms with E-state index in [1.165, 1.54) is 10.9 Å². The lowest BCUT2D eigenvalue weighted by molar-refractivity contribution is -0.130. The minimum Gasteiger partial charge on any atom is -0.341 e. The number of fused-ring (bicyclic) bond motifs is 1. The highest BCUT2D eigenvalue weighted by molar-refractivity contribution is 5.86. The van der Waals surface area contributed by atoms with E-state index in [4.69, 9.17) is 5.73 Å². The van der Waals surface area contributed by atoms with Crippen LogP contribution in [0.2, 0.25) is 0 Å². The van der Waals surface area contributed by atoms with E-state index in [9.17, 15) is 4.79 Å². The molecule has 4 heteroatoms. The van der Waals surface area contributed by atoms with Gasteiger partial charge in [0.2, 0.25) is 5.91 Å². The minimum absolute atomic E-state index is 0.124. The molecule has 2 heterocycles. The van der Waals surface area contributed by atoms with Crippen LogP contribution in [-0.2, 0) is 17.8 Å². The first-order valence-corrected chi connectivity index (χ1v) is 7.75. The van der Waals surface area contributed by atoms with Crippen LogP contribution in [0, 0.1) is 0 Å². The van der Waals surface area contributed by atoms with Gasteiger partial charge in [-0.2, -0.15) is 0 Å². The molecule has 0 bridgehead atoms. The Labute approximate surface area is 125 Å². The van der Waals surface area contributed by atoms with Crippen molar-refractivity contribution < 1.29 is 4.79 Å². The van der Waals surface area contributed by atoms with E-state index in [0.717, 1.165) is 37.9 Å². The zero-order chi connectivity index (χ0) is 14.8. The summed E-state index contributed by atoms with van der Waals surface area (Å²) < 4.78 is 2.08. The van der Waals surface area contributed by atoms with Gasteiger partial charge in [-0.3, -0.25) is 4.79 Å². The third-order valence-corrected chi connectivity index (χ3v) is 4.18. The van der Waals surface area contributed by atoms with E-state index in [-0.39, 0.29) is 11.9 Å². The summed E-state index contributed by atoms with van der Waals surface area (Å²) in [5.74, 6) is 0.223. The number of hydrogen-bond acceptors (Lipinski definition) is 2. The second kappa shape index (κ2) is 5.90. The predicted octanol–water partition coefficient (Wildman–Crippen LogP) is 2.15. The normalized spacial score (nSPS) is 16.6. The molecule has 1 fully saturated rings. The van der Waals surface area contributed by atoms with E-state index in [0.29, 0.717) is 6.54 Å². The molecular formula is C17H23N3O. The maximum atomic E-state index is 12.4. The van der Waals surface area contributed by atoms with Crippen molar-refractivity contribution >= 4 is 16.8 Å². The number of amides is 1. The van der Waals surface area contributed by atoms with Crippen LogP contribution in [-0.4, -0.2) is 34.5 Å². The van der Waals surface area contributed by atoms with Gasteiger partial charge in [0.05, 0.1) is 0 Å². The first-order chi connectivity index (χ1) is 10.1. The molecule has 1 aromatic carbocycles. The molecule has 0 saturated carbocycles. The van der Waals surface area contributed by atoms with E-state index < -0.39 is 0 Å². The SMILES string of the molecule is CC(N)Cc1cn(CC(=O)N2CCCC2)c2ccccc12. The van der Waals surface area contributed by atoms with E-state index in [1.807, 2.05) is 24.0 Å². The third-order valence-electron chi connectivity index (χ3n) is 4.18. The minimum atomic E-state index is 0.124. The number of aromatic nitrogens is 1. The lowest BCUT2D eigenvalue weighted by Crippen LogP contribution is -2.30. The maximum Gasteiger partial charge on any atom is 0.242 e. The Hall–Kier alpha value is -1.81. The van der Waals surface area contributed by atoms with Gasteiger partial charge in [-0.1, -0.05) is 18.2 Å². The van der Waals surface area contributed by atoms with Crippen LogP contribution in [0.1, 0.15) is 25.3 Å². The van der Waals surface area contributed by atoms with Crippen molar-refractivity contribution in [3.63, 3.8) is 0 Å². The quantitative estimate of drug-likeness (QED) is 0.936. The molecule has 1 aromatic heterocycles. The molecule has 0 aliphatic carbocycles. The summed E-state index contributed by atoms with van der Waals surface area (Å²) >= 11 is 0.